The van der Waals surface area contributed by atoms with Crippen molar-refractivity contribution >= 4 is 45.9 Å². The van der Waals surface area contributed by atoms with Crippen molar-refractivity contribution in [1.29, 1.82) is 0 Å². The van der Waals surface area contributed by atoms with Crippen LogP contribution in [0, 0.1) is 13.8 Å². The number of hydrogen-bond acceptors (Lipinski definition) is 8. The number of aromatic nitrogens is 8. The molecule has 0 fully saturated rings. The summed E-state index contributed by atoms with van der Waals surface area (Å²) in [4.78, 5) is 64.7. The lowest BCUT2D eigenvalue weighted by Gasteiger charge is -2.10. The van der Waals surface area contributed by atoms with Gasteiger partial charge in [0.15, 0.2) is 32.6 Å². The van der Waals surface area contributed by atoms with Gasteiger partial charge >= 0.3 is 11.4 Å². The minimum Gasteiger partial charge on any atom is -0.309 e. The smallest absolute Gasteiger partial charge is 0.309 e. The molecule has 6 aromatic rings. The van der Waals surface area contributed by atoms with Gasteiger partial charge in [0.25, 0.3) is 11.1 Å². The van der Waals surface area contributed by atoms with Crippen LogP contribution in [-0.4, -0.2) is 49.7 Å². The Morgan fingerprint density at radius 2 is 1.07 bits per heavy atom. The first-order valence-electron chi connectivity index (χ1n) is 13.9. The van der Waals surface area contributed by atoms with Crippen molar-refractivity contribution in [3.05, 3.63) is 112 Å². The van der Waals surface area contributed by atoms with Crippen molar-refractivity contribution in [2.75, 3.05) is 11.5 Å². The molecule has 12 nitrogen and oxygen atoms in total. The molecule has 0 aliphatic heterocycles. The number of imidazole rings is 2. The first-order chi connectivity index (χ1) is 21.1. The number of nitrogens with one attached hydrogen (secondary N) is 2. The van der Waals surface area contributed by atoms with E-state index in [1.54, 1.807) is 14.1 Å². The lowest BCUT2D eigenvalue weighted by molar-refractivity contribution is 0.726. The van der Waals surface area contributed by atoms with Crippen LogP contribution in [-0.2, 0) is 27.2 Å². The molecule has 0 saturated carbocycles. The van der Waals surface area contributed by atoms with Crippen LogP contribution < -0.4 is 22.5 Å². The van der Waals surface area contributed by atoms with Crippen molar-refractivity contribution < 1.29 is 0 Å². The maximum Gasteiger partial charge on any atom is 0.329 e. The number of hydrogen-bond donors (Lipinski definition) is 2. The summed E-state index contributed by atoms with van der Waals surface area (Å²) in [6.07, 6.45) is 0. The maximum atomic E-state index is 12.9. The van der Waals surface area contributed by atoms with E-state index in [4.69, 9.17) is 9.97 Å². The van der Waals surface area contributed by atoms with Crippen molar-refractivity contribution in [2.45, 2.75) is 37.2 Å². The van der Waals surface area contributed by atoms with Crippen molar-refractivity contribution in [1.82, 2.24) is 38.2 Å². The summed E-state index contributed by atoms with van der Waals surface area (Å²) < 4.78 is 6.38. The summed E-state index contributed by atoms with van der Waals surface area (Å²) in [5, 5.41) is 1.22. The number of fused-ring (bicyclic) bond motifs is 2. The first-order valence-corrected chi connectivity index (χ1v) is 15.8. The van der Waals surface area contributed by atoms with E-state index in [1.165, 1.54) is 32.7 Å². The van der Waals surface area contributed by atoms with Crippen LogP contribution in [0.15, 0.2) is 78.0 Å². The molecule has 2 N–H and O–H groups in total. The topological polar surface area (TPSA) is 145 Å². The Morgan fingerprint density at radius 1 is 0.659 bits per heavy atom. The van der Waals surface area contributed by atoms with E-state index < -0.39 is 22.5 Å². The average Bonchev–Trinajstić information content (AvgIpc) is 3.52. The Bertz CT molecular complexity index is 2130. The first kappa shape index (κ1) is 29.5. The van der Waals surface area contributed by atoms with E-state index in [0.717, 1.165) is 22.3 Å². The van der Waals surface area contributed by atoms with Gasteiger partial charge in [0.05, 0.1) is 13.1 Å². The molecule has 14 heteroatoms. The summed E-state index contributed by atoms with van der Waals surface area (Å²) >= 11 is 2.94. The normalized spacial score (nSPS) is 11.6. The van der Waals surface area contributed by atoms with Crippen molar-refractivity contribution in [3.63, 3.8) is 0 Å². The molecule has 4 heterocycles. The molecule has 6 rings (SSSR count). The second-order valence-corrected chi connectivity index (χ2v) is 12.7. The van der Waals surface area contributed by atoms with Gasteiger partial charge in [-0.15, -0.1) is 0 Å². The molecule has 44 heavy (non-hydrogen) atoms. The van der Waals surface area contributed by atoms with Gasteiger partial charge in [-0.2, -0.15) is 0 Å². The van der Waals surface area contributed by atoms with Crippen molar-refractivity contribution in [3.8, 4) is 0 Å². The summed E-state index contributed by atoms with van der Waals surface area (Å²) in [5.41, 5.74) is 3.53. The molecular weight excluding hydrogens is 601 g/mol. The minimum absolute atomic E-state index is 0.321. The van der Waals surface area contributed by atoms with Gasteiger partial charge in [0.2, 0.25) is 0 Å². The molecule has 226 valence electrons. The largest absolute Gasteiger partial charge is 0.329 e. The van der Waals surface area contributed by atoms with Crippen LogP contribution >= 0.6 is 23.5 Å². The molecule has 0 radical (unpaired) electrons. The Morgan fingerprint density at radius 3 is 1.45 bits per heavy atom. The number of thioether (sulfide) groups is 2. The van der Waals surface area contributed by atoms with Crippen LogP contribution in [0.3, 0.4) is 0 Å². The van der Waals surface area contributed by atoms with E-state index in [9.17, 15) is 19.2 Å². The fraction of sp³-hybridized carbons (Fsp3) is 0.267. The monoisotopic (exact) mass is 630 g/mol. The van der Waals surface area contributed by atoms with E-state index in [1.807, 2.05) is 59.4 Å². The third-order valence-electron chi connectivity index (χ3n) is 7.34. The third-order valence-corrected chi connectivity index (χ3v) is 9.55. The van der Waals surface area contributed by atoms with E-state index in [-0.39, 0.29) is 0 Å². The molecule has 0 saturated heterocycles. The van der Waals surface area contributed by atoms with Crippen LogP contribution in [0.1, 0.15) is 22.3 Å². The SMILES string of the molecule is Cc1cccc(Cn2c(SCCSc3nc4c(c(=O)[nH]c(=O)n4C)n3Cc3cccc(C)c3)nc3c2c(=O)[nH]c(=O)n3C)c1. The standard InChI is InChI=1S/C30H30N8O4S2/c1-17-7-5-9-19(13-17)15-37-21-23(35(3)27(41)33-25(21)39)31-29(37)43-11-12-44-30-32-24-22(26(40)34-28(42)36(24)4)38(30)16-20-10-6-8-18(2)14-20/h5-10,13-14H,11-12,15-16H2,1-4H3,(H,33,39,41)(H,34,40,42). The summed E-state index contributed by atoms with van der Waals surface area (Å²) in [7, 11) is 3.17. The highest BCUT2D eigenvalue weighted by Crippen LogP contribution is 2.27. The highest BCUT2D eigenvalue weighted by molar-refractivity contribution is 8.02. The second kappa shape index (κ2) is 11.8. The molecule has 0 spiro atoms. The van der Waals surface area contributed by atoms with Crippen LogP contribution in [0.25, 0.3) is 22.3 Å². The zero-order chi connectivity index (χ0) is 31.1. The number of nitrogens with zero attached hydrogens (tertiary/aromatic N) is 6. The predicted octanol–water partition coefficient (Wildman–Crippen LogP) is 2.76. The highest BCUT2D eigenvalue weighted by Gasteiger charge is 2.20. The van der Waals surface area contributed by atoms with Gasteiger partial charge in [-0.1, -0.05) is 83.2 Å². The summed E-state index contributed by atoms with van der Waals surface area (Å²) in [6, 6.07) is 16.1. The van der Waals surface area contributed by atoms with E-state index in [0.29, 0.717) is 57.2 Å². The average molecular weight is 631 g/mol. The lowest BCUT2D eigenvalue weighted by atomic mass is 10.1. The van der Waals surface area contributed by atoms with Crippen molar-refractivity contribution in [2.24, 2.45) is 14.1 Å². The Labute approximate surface area is 258 Å². The number of H-pyrrole nitrogens is 2. The lowest BCUT2D eigenvalue weighted by Crippen LogP contribution is -2.29. The molecule has 0 aliphatic rings. The predicted molar refractivity (Wildman–Crippen MR) is 173 cm³/mol. The Kier molecular flexibility index (Phi) is 7.95. The molecule has 0 atom stereocenters. The van der Waals surface area contributed by atoms with Gasteiger partial charge in [-0.25, -0.2) is 19.6 Å². The Balaban J connectivity index is 1.31. The summed E-state index contributed by atoms with van der Waals surface area (Å²) in [6.45, 7) is 4.85. The Hall–Kier alpha value is -4.56. The zero-order valence-electron chi connectivity index (χ0n) is 24.6. The molecule has 0 bridgehead atoms. The number of benzene rings is 2. The molecule has 0 aliphatic carbocycles. The van der Waals surface area contributed by atoms with E-state index in [2.05, 4.69) is 22.1 Å². The van der Waals surface area contributed by atoms with Crippen LogP contribution in [0.2, 0.25) is 0 Å². The molecule has 0 amide bonds. The van der Waals surface area contributed by atoms with E-state index >= 15 is 0 Å². The van der Waals surface area contributed by atoms with Gasteiger partial charge < -0.3 is 9.13 Å². The molecular formula is C30H30N8O4S2. The highest BCUT2D eigenvalue weighted by atomic mass is 32.2. The van der Waals surface area contributed by atoms with Crippen LogP contribution in [0.5, 0.6) is 0 Å². The molecule has 0 unspecified atom stereocenters. The van der Waals surface area contributed by atoms with Gasteiger partial charge in [0.1, 0.15) is 0 Å². The second-order valence-electron chi connectivity index (χ2n) is 10.6. The fourth-order valence-corrected chi connectivity index (χ4v) is 7.15. The molecule has 4 aromatic heterocycles. The van der Waals surface area contributed by atoms with Gasteiger partial charge in [-0.3, -0.25) is 28.7 Å². The third kappa shape index (κ3) is 5.57. The number of aryl methyl sites for hydroxylation is 4. The zero-order valence-corrected chi connectivity index (χ0v) is 26.2. The number of rotatable bonds is 9. The van der Waals surface area contributed by atoms with Gasteiger partial charge in [0, 0.05) is 25.6 Å². The minimum atomic E-state index is -0.522. The number of aromatic amines is 2. The summed E-state index contributed by atoms with van der Waals surface area (Å²) in [5.74, 6) is 1.19. The fourth-order valence-electron chi connectivity index (χ4n) is 5.19. The quantitative estimate of drug-likeness (QED) is 0.183. The van der Waals surface area contributed by atoms with Crippen LogP contribution in [0.4, 0.5) is 0 Å². The maximum absolute atomic E-state index is 12.9. The molecule has 2 aromatic carbocycles. The van der Waals surface area contributed by atoms with Gasteiger partial charge in [-0.05, 0) is 25.0 Å².